The van der Waals surface area contributed by atoms with E-state index >= 15 is 0 Å². The van der Waals surface area contributed by atoms with Gasteiger partial charge < -0.3 is 10.2 Å². The van der Waals surface area contributed by atoms with E-state index in [1.54, 1.807) is 0 Å². The van der Waals surface area contributed by atoms with Crippen LogP contribution in [0.3, 0.4) is 0 Å². The minimum Gasteiger partial charge on any atom is -0.506 e. The van der Waals surface area contributed by atoms with Gasteiger partial charge >= 0.3 is 5.97 Å². The molecule has 0 radical (unpaired) electrons. The van der Waals surface area contributed by atoms with Gasteiger partial charge in [0, 0.05) is 0 Å². The number of aromatic carboxylic acids is 1. The average molecular weight is 315 g/mol. The van der Waals surface area contributed by atoms with Crippen LogP contribution in [0.1, 0.15) is 22.3 Å². The Kier molecular flexibility index (Phi) is 3.19. The fourth-order valence-electron chi connectivity index (χ4n) is 0.915. The summed E-state index contributed by atoms with van der Waals surface area (Å²) in [5.74, 6) is -2.34. The maximum Gasteiger partial charge on any atom is 0.339 e. The predicted octanol–water partition coefficient (Wildman–Crippen LogP) is 2.03. The van der Waals surface area contributed by atoms with Crippen LogP contribution < -0.4 is 0 Å². The Balaban J connectivity index is 3.50. The molecule has 4 nitrogen and oxygen atoms in total. The number of aromatic nitrogens is 1. The number of carboxylic acids is 1. The smallest absolute Gasteiger partial charge is 0.339 e. The highest BCUT2D eigenvalue weighted by Gasteiger charge is 2.25. The molecule has 1 aromatic rings. The van der Waals surface area contributed by atoms with Crippen LogP contribution in [0.5, 0.6) is 5.75 Å². The van der Waals surface area contributed by atoms with E-state index in [2.05, 4.69) is 4.98 Å². The lowest BCUT2D eigenvalue weighted by Crippen LogP contribution is -2.07. The molecule has 0 spiro atoms. The van der Waals surface area contributed by atoms with Gasteiger partial charge in [0.15, 0.2) is 0 Å². The second kappa shape index (κ2) is 4.03. The fourth-order valence-corrected chi connectivity index (χ4v) is 1.58. The zero-order valence-electron chi connectivity index (χ0n) is 6.54. The normalized spacial score (nSPS) is 10.6. The number of halogens is 3. The van der Waals surface area contributed by atoms with Gasteiger partial charge in [-0.1, -0.05) is 0 Å². The largest absolute Gasteiger partial charge is 0.506 e. The summed E-state index contributed by atoms with van der Waals surface area (Å²) in [5.41, 5.74) is -1.54. The zero-order valence-corrected chi connectivity index (χ0v) is 8.70. The second-order valence-corrected chi connectivity index (χ2v) is 3.35. The first-order chi connectivity index (χ1) is 6.45. The number of carbonyl (C=O) groups is 1. The Morgan fingerprint density at radius 1 is 1.57 bits per heavy atom. The van der Waals surface area contributed by atoms with Crippen LogP contribution in [0, 0.1) is 3.70 Å². The highest BCUT2D eigenvalue weighted by atomic mass is 127. The lowest BCUT2D eigenvalue weighted by molar-refractivity contribution is 0.0680. The third-order valence-electron chi connectivity index (χ3n) is 1.48. The Hall–Kier alpha value is -0.990. The van der Waals surface area contributed by atoms with Gasteiger partial charge in [-0.3, -0.25) is 0 Å². The summed E-state index contributed by atoms with van der Waals surface area (Å²) in [6.07, 6.45) is -2.24. The van der Waals surface area contributed by atoms with Gasteiger partial charge in [-0.25, -0.2) is 18.6 Å². The zero-order chi connectivity index (χ0) is 10.9. The van der Waals surface area contributed by atoms with Crippen LogP contribution in [0.2, 0.25) is 0 Å². The molecule has 0 saturated carbocycles. The summed E-state index contributed by atoms with van der Waals surface area (Å²) in [6, 6.07) is 0. The van der Waals surface area contributed by atoms with Gasteiger partial charge in [0.1, 0.15) is 15.0 Å². The van der Waals surface area contributed by atoms with Crippen LogP contribution in [0.25, 0.3) is 0 Å². The van der Waals surface area contributed by atoms with Crippen molar-refractivity contribution in [1.29, 1.82) is 0 Å². The Labute approximate surface area is 90.7 Å². The molecule has 0 amide bonds. The summed E-state index contributed by atoms with van der Waals surface area (Å²) in [5, 5.41) is 17.7. The Morgan fingerprint density at radius 2 is 2.14 bits per heavy atom. The van der Waals surface area contributed by atoms with E-state index < -0.39 is 29.3 Å². The molecule has 0 unspecified atom stereocenters. The molecule has 1 rings (SSSR count). The molecule has 0 aliphatic heterocycles. The highest BCUT2D eigenvalue weighted by Crippen LogP contribution is 2.32. The van der Waals surface area contributed by atoms with E-state index in [-0.39, 0.29) is 3.70 Å². The van der Waals surface area contributed by atoms with Crippen LogP contribution >= 0.6 is 22.6 Å². The summed E-state index contributed by atoms with van der Waals surface area (Å²) >= 11 is 1.51. The first-order valence-electron chi connectivity index (χ1n) is 3.34. The molecule has 0 aromatic carbocycles. The van der Waals surface area contributed by atoms with E-state index in [1.807, 2.05) is 0 Å². The van der Waals surface area contributed by atoms with E-state index in [0.717, 1.165) is 6.20 Å². The van der Waals surface area contributed by atoms with Crippen molar-refractivity contribution in [2.45, 2.75) is 6.43 Å². The Bertz CT molecular complexity index is 383. The van der Waals surface area contributed by atoms with Crippen molar-refractivity contribution in [1.82, 2.24) is 4.98 Å². The fraction of sp³-hybridized carbons (Fsp3) is 0.143. The highest BCUT2D eigenvalue weighted by molar-refractivity contribution is 14.1. The van der Waals surface area contributed by atoms with E-state index in [1.165, 1.54) is 22.6 Å². The molecule has 0 bridgehead atoms. The molecule has 0 saturated heterocycles. The first-order valence-corrected chi connectivity index (χ1v) is 4.41. The average Bonchev–Trinajstić information content (AvgIpc) is 2.07. The van der Waals surface area contributed by atoms with E-state index in [4.69, 9.17) is 10.2 Å². The lowest BCUT2D eigenvalue weighted by Gasteiger charge is -2.07. The molecule has 7 heteroatoms. The van der Waals surface area contributed by atoms with Gasteiger partial charge in [0.25, 0.3) is 6.43 Å². The first kappa shape index (κ1) is 11.1. The van der Waals surface area contributed by atoms with Gasteiger partial charge in [0.05, 0.1) is 11.8 Å². The van der Waals surface area contributed by atoms with Crippen molar-refractivity contribution < 1.29 is 23.8 Å². The van der Waals surface area contributed by atoms with E-state index in [0.29, 0.717) is 0 Å². The minimum absolute atomic E-state index is 0.0804. The summed E-state index contributed by atoms with van der Waals surface area (Å²) in [7, 11) is 0. The molecule has 1 heterocycles. The maximum atomic E-state index is 12.4. The molecular formula is C7H4F2INO3. The van der Waals surface area contributed by atoms with Crippen molar-refractivity contribution in [2.75, 3.05) is 0 Å². The Morgan fingerprint density at radius 3 is 2.50 bits per heavy atom. The van der Waals surface area contributed by atoms with Crippen molar-refractivity contribution >= 4 is 28.6 Å². The number of rotatable bonds is 2. The van der Waals surface area contributed by atoms with Crippen molar-refractivity contribution in [2.24, 2.45) is 0 Å². The topological polar surface area (TPSA) is 70.4 Å². The minimum atomic E-state index is -3.04. The predicted molar refractivity (Wildman–Crippen MR) is 50.5 cm³/mol. The van der Waals surface area contributed by atoms with E-state index in [9.17, 15) is 13.6 Å². The standard InChI is InChI=1S/C7H4F2INO3/c8-5(9)3-2(12)1-11-6(10)4(3)7(13)14/h1,5,12H,(H,13,14). The number of alkyl halides is 2. The molecule has 1 aromatic heterocycles. The molecule has 0 aliphatic carbocycles. The lowest BCUT2D eigenvalue weighted by atomic mass is 10.1. The van der Waals surface area contributed by atoms with Crippen LogP contribution in [0.4, 0.5) is 8.78 Å². The monoisotopic (exact) mass is 315 g/mol. The molecule has 14 heavy (non-hydrogen) atoms. The van der Waals surface area contributed by atoms with Gasteiger partial charge in [0.2, 0.25) is 0 Å². The molecule has 76 valence electrons. The van der Waals surface area contributed by atoms with Crippen molar-refractivity contribution in [3.63, 3.8) is 0 Å². The van der Waals surface area contributed by atoms with Crippen molar-refractivity contribution in [3.8, 4) is 5.75 Å². The maximum absolute atomic E-state index is 12.4. The number of hydrogen-bond donors (Lipinski definition) is 2. The number of carboxylic acid groups (broad SMARTS) is 1. The molecule has 0 fully saturated rings. The van der Waals surface area contributed by atoms with Crippen molar-refractivity contribution in [3.05, 3.63) is 21.0 Å². The summed E-state index contributed by atoms with van der Waals surface area (Å²) in [4.78, 5) is 14.1. The number of aromatic hydroxyl groups is 1. The third-order valence-corrected chi connectivity index (χ3v) is 2.30. The number of pyridine rings is 1. The van der Waals surface area contributed by atoms with Gasteiger partial charge in [-0.05, 0) is 22.6 Å². The summed E-state index contributed by atoms with van der Waals surface area (Å²) < 4.78 is 24.7. The molecule has 0 aliphatic rings. The molecular weight excluding hydrogens is 311 g/mol. The van der Waals surface area contributed by atoms with Crippen LogP contribution in [-0.4, -0.2) is 21.2 Å². The second-order valence-electron chi connectivity index (χ2n) is 2.33. The van der Waals surface area contributed by atoms with Crippen LogP contribution in [0.15, 0.2) is 6.20 Å². The molecule has 2 N–H and O–H groups in total. The quantitative estimate of drug-likeness (QED) is 0.647. The van der Waals surface area contributed by atoms with Crippen LogP contribution in [-0.2, 0) is 0 Å². The van der Waals surface area contributed by atoms with Gasteiger partial charge in [-0.2, -0.15) is 0 Å². The SMILES string of the molecule is O=C(O)c1c(I)ncc(O)c1C(F)F. The number of nitrogens with zero attached hydrogens (tertiary/aromatic N) is 1. The summed E-state index contributed by atoms with van der Waals surface area (Å²) in [6.45, 7) is 0. The van der Waals surface area contributed by atoms with Gasteiger partial charge in [-0.15, -0.1) is 0 Å². The molecule has 0 atom stereocenters. The third kappa shape index (κ3) is 1.91. The number of hydrogen-bond acceptors (Lipinski definition) is 3.